The minimum atomic E-state index is 0.216. The summed E-state index contributed by atoms with van der Waals surface area (Å²) >= 11 is 0. The van der Waals surface area contributed by atoms with E-state index in [-0.39, 0.29) is 6.04 Å². The Balaban J connectivity index is 1.76. The van der Waals surface area contributed by atoms with Gasteiger partial charge in [-0.15, -0.1) is 0 Å². The van der Waals surface area contributed by atoms with Crippen LogP contribution in [-0.4, -0.2) is 43.8 Å². The molecule has 0 aliphatic carbocycles. The number of hydrogen-bond donors (Lipinski definition) is 1. The Kier molecular flexibility index (Phi) is 4.54. The highest BCUT2D eigenvalue weighted by Gasteiger charge is 2.23. The third kappa shape index (κ3) is 3.80. The van der Waals surface area contributed by atoms with Crippen LogP contribution in [0.15, 0.2) is 30.3 Å². The van der Waals surface area contributed by atoms with E-state index in [9.17, 15) is 0 Å². The van der Waals surface area contributed by atoms with E-state index in [1.54, 1.807) is 7.11 Å². The fourth-order valence-corrected chi connectivity index (χ4v) is 2.47. The minimum Gasteiger partial charge on any atom is -0.380 e. The maximum absolute atomic E-state index is 6.19. The molecule has 1 aromatic carbocycles. The molecular formula is C14H22N2O. The second-order valence-corrected chi connectivity index (χ2v) is 4.86. The van der Waals surface area contributed by atoms with E-state index in [4.69, 9.17) is 10.5 Å². The molecule has 17 heavy (non-hydrogen) atoms. The van der Waals surface area contributed by atoms with Gasteiger partial charge in [-0.3, -0.25) is 4.90 Å². The van der Waals surface area contributed by atoms with Gasteiger partial charge in [-0.2, -0.15) is 0 Å². The standard InChI is InChI=1S/C14H22N2O/c1-17-14-7-8-16(11-14)10-13(15)9-12-5-3-2-4-6-12/h2-6,13-14H,7-11,15H2,1H3. The number of ether oxygens (including phenoxy) is 1. The molecule has 94 valence electrons. The van der Waals surface area contributed by atoms with Crippen molar-refractivity contribution in [3.63, 3.8) is 0 Å². The zero-order valence-electron chi connectivity index (χ0n) is 10.5. The predicted octanol–water partition coefficient (Wildman–Crippen LogP) is 1.28. The second-order valence-electron chi connectivity index (χ2n) is 4.86. The van der Waals surface area contributed by atoms with Crippen LogP contribution in [0.25, 0.3) is 0 Å². The van der Waals surface area contributed by atoms with Gasteiger partial charge in [-0.05, 0) is 18.4 Å². The largest absolute Gasteiger partial charge is 0.380 e. The summed E-state index contributed by atoms with van der Waals surface area (Å²) in [5.74, 6) is 0. The number of benzene rings is 1. The van der Waals surface area contributed by atoms with Gasteiger partial charge in [0.05, 0.1) is 6.10 Å². The van der Waals surface area contributed by atoms with Crippen molar-refractivity contribution in [2.75, 3.05) is 26.7 Å². The zero-order chi connectivity index (χ0) is 12.1. The highest BCUT2D eigenvalue weighted by atomic mass is 16.5. The molecule has 0 saturated carbocycles. The Morgan fingerprint density at radius 2 is 2.18 bits per heavy atom. The Morgan fingerprint density at radius 1 is 1.41 bits per heavy atom. The van der Waals surface area contributed by atoms with Gasteiger partial charge in [0.25, 0.3) is 0 Å². The van der Waals surface area contributed by atoms with E-state index < -0.39 is 0 Å². The number of hydrogen-bond acceptors (Lipinski definition) is 3. The second kappa shape index (κ2) is 6.15. The first-order valence-electron chi connectivity index (χ1n) is 6.32. The van der Waals surface area contributed by atoms with Crippen LogP contribution in [0.4, 0.5) is 0 Å². The molecule has 2 rings (SSSR count). The smallest absolute Gasteiger partial charge is 0.0710 e. The molecule has 2 atom stereocenters. The monoisotopic (exact) mass is 234 g/mol. The molecule has 0 spiro atoms. The molecule has 0 amide bonds. The van der Waals surface area contributed by atoms with Crippen molar-refractivity contribution in [3.8, 4) is 0 Å². The highest BCUT2D eigenvalue weighted by molar-refractivity contribution is 5.15. The van der Waals surface area contributed by atoms with Gasteiger partial charge in [-0.1, -0.05) is 30.3 Å². The van der Waals surface area contributed by atoms with Gasteiger partial charge < -0.3 is 10.5 Å². The van der Waals surface area contributed by atoms with Crippen molar-refractivity contribution in [1.29, 1.82) is 0 Å². The summed E-state index contributed by atoms with van der Waals surface area (Å²) in [7, 11) is 1.79. The summed E-state index contributed by atoms with van der Waals surface area (Å²) in [6, 6.07) is 10.7. The van der Waals surface area contributed by atoms with E-state index in [2.05, 4.69) is 29.2 Å². The molecule has 1 aliphatic rings. The molecule has 1 saturated heterocycles. The van der Waals surface area contributed by atoms with Gasteiger partial charge in [-0.25, -0.2) is 0 Å². The molecular weight excluding hydrogens is 212 g/mol. The molecule has 0 radical (unpaired) electrons. The summed E-state index contributed by atoms with van der Waals surface area (Å²) in [6.07, 6.45) is 2.49. The molecule has 2 unspecified atom stereocenters. The summed E-state index contributed by atoms with van der Waals surface area (Å²) < 4.78 is 5.36. The average Bonchev–Trinajstić information content (AvgIpc) is 2.78. The van der Waals surface area contributed by atoms with Gasteiger partial charge in [0.15, 0.2) is 0 Å². The number of nitrogens with two attached hydrogens (primary N) is 1. The molecule has 1 aromatic rings. The van der Waals surface area contributed by atoms with Crippen molar-refractivity contribution in [3.05, 3.63) is 35.9 Å². The van der Waals surface area contributed by atoms with E-state index in [0.717, 1.165) is 32.5 Å². The lowest BCUT2D eigenvalue weighted by molar-refractivity contribution is 0.107. The lowest BCUT2D eigenvalue weighted by atomic mass is 10.1. The number of rotatable bonds is 5. The summed E-state index contributed by atoms with van der Waals surface area (Å²) in [5, 5.41) is 0. The maximum Gasteiger partial charge on any atom is 0.0710 e. The normalized spacial score (nSPS) is 22.8. The number of methoxy groups -OCH3 is 1. The van der Waals surface area contributed by atoms with E-state index >= 15 is 0 Å². The maximum atomic E-state index is 6.19. The van der Waals surface area contributed by atoms with Crippen molar-refractivity contribution >= 4 is 0 Å². The Hall–Kier alpha value is -0.900. The minimum absolute atomic E-state index is 0.216. The van der Waals surface area contributed by atoms with Gasteiger partial charge >= 0.3 is 0 Å². The molecule has 1 fully saturated rings. The number of likely N-dealkylation sites (tertiary alicyclic amines) is 1. The van der Waals surface area contributed by atoms with Crippen molar-refractivity contribution < 1.29 is 4.74 Å². The van der Waals surface area contributed by atoms with Gasteiger partial charge in [0, 0.05) is 32.8 Å². The molecule has 1 aliphatic heterocycles. The fourth-order valence-electron chi connectivity index (χ4n) is 2.47. The van der Waals surface area contributed by atoms with Gasteiger partial charge in [0.2, 0.25) is 0 Å². The van der Waals surface area contributed by atoms with Crippen LogP contribution in [0, 0.1) is 0 Å². The lowest BCUT2D eigenvalue weighted by Gasteiger charge is -2.20. The first-order valence-corrected chi connectivity index (χ1v) is 6.32. The third-order valence-electron chi connectivity index (χ3n) is 3.40. The van der Waals surface area contributed by atoms with Gasteiger partial charge in [0.1, 0.15) is 0 Å². The SMILES string of the molecule is COC1CCN(CC(N)Cc2ccccc2)C1. The van der Waals surface area contributed by atoms with Crippen molar-refractivity contribution in [1.82, 2.24) is 4.90 Å². The van der Waals surface area contributed by atoms with Crippen LogP contribution >= 0.6 is 0 Å². The van der Waals surface area contributed by atoms with Crippen LogP contribution in [0.3, 0.4) is 0 Å². The third-order valence-corrected chi connectivity index (χ3v) is 3.40. The zero-order valence-corrected chi connectivity index (χ0v) is 10.5. The van der Waals surface area contributed by atoms with Crippen LogP contribution < -0.4 is 5.73 Å². The number of nitrogens with zero attached hydrogens (tertiary/aromatic N) is 1. The van der Waals surface area contributed by atoms with Crippen molar-refractivity contribution in [2.24, 2.45) is 5.73 Å². The van der Waals surface area contributed by atoms with Crippen LogP contribution in [0.5, 0.6) is 0 Å². The predicted molar refractivity (Wildman–Crippen MR) is 70.0 cm³/mol. The van der Waals surface area contributed by atoms with Crippen molar-refractivity contribution in [2.45, 2.75) is 25.0 Å². The Labute approximate surface area is 104 Å². The Bertz CT molecular complexity index is 328. The van der Waals surface area contributed by atoms with Crippen LogP contribution in [0.1, 0.15) is 12.0 Å². The summed E-state index contributed by atoms with van der Waals surface area (Å²) in [6.45, 7) is 3.11. The molecule has 1 heterocycles. The quantitative estimate of drug-likeness (QED) is 0.834. The topological polar surface area (TPSA) is 38.5 Å². The fraction of sp³-hybridized carbons (Fsp3) is 0.571. The molecule has 2 N–H and O–H groups in total. The molecule has 0 aromatic heterocycles. The summed E-state index contributed by atoms with van der Waals surface area (Å²) in [4.78, 5) is 2.40. The molecule has 3 nitrogen and oxygen atoms in total. The highest BCUT2D eigenvalue weighted by Crippen LogP contribution is 2.12. The van der Waals surface area contributed by atoms with E-state index in [1.165, 1.54) is 5.56 Å². The van der Waals surface area contributed by atoms with Crippen LogP contribution in [-0.2, 0) is 11.2 Å². The molecule has 0 bridgehead atoms. The Morgan fingerprint density at radius 3 is 2.82 bits per heavy atom. The first kappa shape index (κ1) is 12.6. The van der Waals surface area contributed by atoms with E-state index in [0.29, 0.717) is 6.10 Å². The first-order chi connectivity index (χ1) is 8.28. The van der Waals surface area contributed by atoms with E-state index in [1.807, 2.05) is 6.07 Å². The summed E-state index contributed by atoms with van der Waals surface area (Å²) in [5.41, 5.74) is 7.51. The van der Waals surface area contributed by atoms with Crippen LogP contribution in [0.2, 0.25) is 0 Å². The average molecular weight is 234 g/mol. The lowest BCUT2D eigenvalue weighted by Crippen LogP contribution is -2.38. The molecule has 3 heteroatoms.